The number of nitrogens with zero attached hydrogens (tertiary/aromatic N) is 1. The van der Waals surface area contributed by atoms with Gasteiger partial charge in [0, 0.05) is 0 Å². The molecule has 0 bridgehead atoms. The van der Waals surface area contributed by atoms with Crippen molar-refractivity contribution in [2.24, 2.45) is 0 Å². The van der Waals surface area contributed by atoms with Crippen LogP contribution in [0, 0.1) is 6.92 Å². The lowest BCUT2D eigenvalue weighted by Gasteiger charge is -2.25. The fraction of sp³-hybridized carbons (Fsp3) is 0.296. The second-order valence-corrected chi connectivity index (χ2v) is 10.6. The van der Waals surface area contributed by atoms with E-state index in [1.807, 2.05) is 19.9 Å². The van der Waals surface area contributed by atoms with Crippen molar-refractivity contribution in [3.8, 4) is 5.75 Å². The predicted octanol–water partition coefficient (Wildman–Crippen LogP) is 4.57. The van der Waals surface area contributed by atoms with E-state index in [0.29, 0.717) is 11.4 Å². The number of aryl methyl sites for hydroxylation is 3. The number of sulfonamides is 1. The molecule has 3 aromatic rings. The molecule has 0 aromatic heterocycles. The van der Waals surface area contributed by atoms with Gasteiger partial charge in [0.2, 0.25) is 5.91 Å². The Morgan fingerprint density at radius 1 is 1.00 bits per heavy atom. The zero-order valence-corrected chi connectivity index (χ0v) is 20.6. The second-order valence-electron chi connectivity index (χ2n) is 8.69. The van der Waals surface area contributed by atoms with Gasteiger partial charge in [-0.2, -0.15) is 0 Å². The van der Waals surface area contributed by atoms with Gasteiger partial charge in [-0.05, 0) is 86.2 Å². The van der Waals surface area contributed by atoms with Gasteiger partial charge in [-0.15, -0.1) is 0 Å². The van der Waals surface area contributed by atoms with E-state index in [1.165, 1.54) is 11.1 Å². The lowest BCUT2D eigenvalue weighted by molar-refractivity contribution is -0.120. The van der Waals surface area contributed by atoms with Gasteiger partial charge >= 0.3 is 0 Å². The molecule has 0 spiro atoms. The first kappa shape index (κ1) is 23.8. The minimum Gasteiger partial charge on any atom is -0.497 e. The molecule has 1 N–H and O–H groups in total. The molecule has 0 radical (unpaired) electrons. The third kappa shape index (κ3) is 5.09. The minimum atomic E-state index is -3.96. The van der Waals surface area contributed by atoms with E-state index < -0.39 is 10.0 Å². The molecule has 178 valence electrons. The maximum Gasteiger partial charge on any atom is 0.264 e. The predicted molar refractivity (Wildman–Crippen MR) is 134 cm³/mol. The number of methoxy groups -OCH3 is 1. The van der Waals surface area contributed by atoms with Crippen LogP contribution >= 0.6 is 0 Å². The first-order valence-electron chi connectivity index (χ1n) is 11.4. The van der Waals surface area contributed by atoms with Crippen LogP contribution in [0.2, 0.25) is 0 Å². The van der Waals surface area contributed by atoms with Crippen LogP contribution in [0.25, 0.3) is 0 Å². The van der Waals surface area contributed by atoms with Gasteiger partial charge in [0.1, 0.15) is 12.3 Å². The van der Waals surface area contributed by atoms with Crippen LogP contribution in [0.5, 0.6) is 5.75 Å². The molecule has 1 aliphatic carbocycles. The van der Waals surface area contributed by atoms with Crippen LogP contribution in [0.3, 0.4) is 0 Å². The summed E-state index contributed by atoms with van der Waals surface area (Å²) in [5.74, 6) is 0.227. The van der Waals surface area contributed by atoms with Gasteiger partial charge in [0.25, 0.3) is 10.0 Å². The molecule has 0 aliphatic heterocycles. The Morgan fingerprint density at radius 2 is 1.68 bits per heavy atom. The molecule has 7 heteroatoms. The smallest absolute Gasteiger partial charge is 0.264 e. The zero-order valence-electron chi connectivity index (χ0n) is 19.7. The number of amides is 1. The van der Waals surface area contributed by atoms with E-state index in [1.54, 1.807) is 55.6 Å². The highest BCUT2D eigenvalue weighted by molar-refractivity contribution is 7.92. The number of carbonyl (C=O) groups excluding carboxylic acids is 1. The van der Waals surface area contributed by atoms with Crippen LogP contribution in [0.4, 0.5) is 5.69 Å². The summed E-state index contributed by atoms with van der Waals surface area (Å²) >= 11 is 0. The summed E-state index contributed by atoms with van der Waals surface area (Å²) < 4.78 is 33.4. The number of fused-ring (bicyclic) bond motifs is 1. The maximum absolute atomic E-state index is 13.5. The number of anilines is 1. The Hall–Kier alpha value is -3.32. The second kappa shape index (κ2) is 9.89. The number of nitrogens with one attached hydrogen (secondary N) is 1. The van der Waals surface area contributed by atoms with Crippen molar-refractivity contribution in [1.29, 1.82) is 0 Å². The van der Waals surface area contributed by atoms with E-state index in [0.717, 1.165) is 34.7 Å². The van der Waals surface area contributed by atoms with Crippen molar-refractivity contribution in [2.75, 3.05) is 18.0 Å². The van der Waals surface area contributed by atoms with Crippen LogP contribution in [-0.2, 0) is 27.7 Å². The topological polar surface area (TPSA) is 75.7 Å². The van der Waals surface area contributed by atoms with Crippen LogP contribution in [-0.4, -0.2) is 28.0 Å². The molecule has 1 amide bonds. The molecule has 0 saturated carbocycles. The third-order valence-corrected chi connectivity index (χ3v) is 8.04. The quantitative estimate of drug-likeness (QED) is 0.515. The standard InChI is InChI=1S/C27H30N2O4S/c1-19-7-15-26(16-8-19)34(31,32)29(24-11-13-25(33-3)14-12-24)18-27(30)28-20(2)22-10-9-21-5-4-6-23(21)17-22/h7-17,20H,4-6,18H2,1-3H3,(H,28,30)/t20-/m0/s1. The van der Waals surface area contributed by atoms with Gasteiger partial charge < -0.3 is 10.1 Å². The Morgan fingerprint density at radius 3 is 2.35 bits per heavy atom. The van der Waals surface area contributed by atoms with E-state index in [4.69, 9.17) is 4.74 Å². The highest BCUT2D eigenvalue weighted by Crippen LogP contribution is 2.27. The molecule has 0 heterocycles. The zero-order chi connectivity index (χ0) is 24.3. The van der Waals surface area contributed by atoms with Crippen molar-refractivity contribution < 1.29 is 17.9 Å². The molecule has 3 aromatic carbocycles. The summed E-state index contributed by atoms with van der Waals surface area (Å²) in [5.41, 5.74) is 5.07. The normalized spacial score (nSPS) is 13.7. The Balaban J connectivity index is 1.58. The first-order chi connectivity index (χ1) is 16.3. The van der Waals surface area contributed by atoms with E-state index in [-0.39, 0.29) is 23.4 Å². The van der Waals surface area contributed by atoms with Gasteiger partial charge in [-0.3, -0.25) is 9.10 Å². The summed E-state index contributed by atoms with van der Waals surface area (Å²) in [7, 11) is -2.42. The van der Waals surface area contributed by atoms with E-state index >= 15 is 0 Å². The van der Waals surface area contributed by atoms with Crippen molar-refractivity contribution in [3.05, 3.63) is 89.0 Å². The number of benzene rings is 3. The average Bonchev–Trinajstić information content (AvgIpc) is 3.31. The maximum atomic E-state index is 13.5. The van der Waals surface area contributed by atoms with E-state index in [2.05, 4.69) is 17.4 Å². The molecule has 0 saturated heterocycles. The van der Waals surface area contributed by atoms with Crippen molar-refractivity contribution in [3.63, 3.8) is 0 Å². The summed E-state index contributed by atoms with van der Waals surface area (Å²) in [5, 5.41) is 2.97. The summed E-state index contributed by atoms with van der Waals surface area (Å²) in [6.45, 7) is 3.48. The third-order valence-electron chi connectivity index (χ3n) is 6.26. The monoisotopic (exact) mass is 478 g/mol. The largest absolute Gasteiger partial charge is 0.497 e. The highest BCUT2D eigenvalue weighted by atomic mass is 32.2. The van der Waals surface area contributed by atoms with Gasteiger partial charge in [0.05, 0.1) is 23.7 Å². The first-order valence-corrected chi connectivity index (χ1v) is 12.9. The van der Waals surface area contributed by atoms with Crippen LogP contribution < -0.4 is 14.4 Å². The van der Waals surface area contributed by atoms with Gasteiger partial charge in [-0.1, -0.05) is 35.9 Å². The number of hydrogen-bond donors (Lipinski definition) is 1. The highest BCUT2D eigenvalue weighted by Gasteiger charge is 2.28. The Kier molecular flexibility index (Phi) is 6.93. The molecule has 34 heavy (non-hydrogen) atoms. The van der Waals surface area contributed by atoms with Crippen LogP contribution in [0.1, 0.15) is 41.6 Å². The molecule has 0 fully saturated rings. The lowest BCUT2D eigenvalue weighted by Crippen LogP contribution is -2.41. The molecular weight excluding hydrogens is 448 g/mol. The molecule has 6 nitrogen and oxygen atoms in total. The number of hydrogen-bond acceptors (Lipinski definition) is 4. The van der Waals surface area contributed by atoms with Crippen molar-refractivity contribution in [1.82, 2.24) is 5.32 Å². The molecular formula is C27H30N2O4S. The molecule has 4 rings (SSSR count). The minimum absolute atomic E-state index is 0.133. The number of ether oxygens (including phenoxy) is 1. The van der Waals surface area contributed by atoms with E-state index in [9.17, 15) is 13.2 Å². The number of rotatable bonds is 8. The molecule has 1 aliphatic rings. The lowest BCUT2D eigenvalue weighted by atomic mass is 10.0. The Bertz CT molecular complexity index is 1270. The SMILES string of the molecule is COc1ccc(N(CC(=O)N[C@@H](C)c2ccc3c(c2)CCC3)S(=O)(=O)c2ccc(C)cc2)cc1. The Labute approximate surface area is 201 Å². The fourth-order valence-electron chi connectivity index (χ4n) is 4.26. The molecule has 1 atom stereocenters. The average molecular weight is 479 g/mol. The summed E-state index contributed by atoms with van der Waals surface area (Å²) in [4.78, 5) is 13.2. The molecule has 0 unspecified atom stereocenters. The van der Waals surface area contributed by atoms with Crippen molar-refractivity contribution in [2.45, 2.75) is 44.0 Å². The summed E-state index contributed by atoms with van der Waals surface area (Å²) in [6.07, 6.45) is 3.32. The van der Waals surface area contributed by atoms with Gasteiger partial charge in [0.15, 0.2) is 0 Å². The van der Waals surface area contributed by atoms with Gasteiger partial charge in [-0.25, -0.2) is 8.42 Å². The number of carbonyl (C=O) groups is 1. The van der Waals surface area contributed by atoms with Crippen molar-refractivity contribution >= 4 is 21.6 Å². The summed E-state index contributed by atoms with van der Waals surface area (Å²) in [6, 6.07) is 19.3. The fourth-order valence-corrected chi connectivity index (χ4v) is 5.68. The van der Waals surface area contributed by atoms with Crippen LogP contribution in [0.15, 0.2) is 71.6 Å².